The Balaban J connectivity index is 2.24. The Morgan fingerprint density at radius 2 is 2.00 bits per heavy atom. The minimum atomic E-state index is 0.159. The van der Waals surface area contributed by atoms with Crippen molar-refractivity contribution >= 4 is 40.2 Å². The van der Waals surface area contributed by atoms with Crippen LogP contribution in [0.5, 0.6) is 0 Å². The third-order valence-corrected chi connectivity index (χ3v) is 4.73. The van der Waals surface area contributed by atoms with E-state index in [2.05, 4.69) is 17.2 Å². The van der Waals surface area contributed by atoms with Crippen molar-refractivity contribution in [2.24, 2.45) is 0 Å². The fourth-order valence-electron chi connectivity index (χ4n) is 1.86. The molecule has 0 aliphatic carbocycles. The molecule has 0 spiro atoms. The summed E-state index contributed by atoms with van der Waals surface area (Å²) in [7, 11) is 0. The molecule has 2 nitrogen and oxygen atoms in total. The van der Waals surface area contributed by atoms with Crippen LogP contribution < -0.4 is 5.32 Å². The Hall–Kier alpha value is -0.770. The van der Waals surface area contributed by atoms with Crippen LogP contribution in [0.1, 0.15) is 28.5 Å². The lowest BCUT2D eigenvalue weighted by atomic mass is 10.2. The molecule has 0 amide bonds. The minimum Gasteiger partial charge on any atom is -0.376 e. The van der Waals surface area contributed by atoms with Crippen molar-refractivity contribution in [2.75, 3.05) is 5.32 Å². The molecular formula is C13H14Cl2N2S. The van der Waals surface area contributed by atoms with Gasteiger partial charge in [-0.3, -0.25) is 0 Å². The van der Waals surface area contributed by atoms with Gasteiger partial charge in [-0.25, -0.2) is 4.98 Å². The van der Waals surface area contributed by atoms with Crippen molar-refractivity contribution in [3.8, 4) is 0 Å². The van der Waals surface area contributed by atoms with Crippen LogP contribution in [-0.4, -0.2) is 4.98 Å². The van der Waals surface area contributed by atoms with Crippen LogP contribution >= 0.6 is 34.5 Å². The van der Waals surface area contributed by atoms with Crippen LogP contribution in [0.25, 0.3) is 0 Å². The second-order valence-corrected chi connectivity index (χ2v) is 6.17. The maximum atomic E-state index is 6.16. The highest BCUT2D eigenvalue weighted by molar-refractivity contribution is 7.11. The van der Waals surface area contributed by atoms with Gasteiger partial charge in [-0.05, 0) is 32.9 Å². The summed E-state index contributed by atoms with van der Waals surface area (Å²) in [6.07, 6.45) is 0. The third kappa shape index (κ3) is 2.79. The summed E-state index contributed by atoms with van der Waals surface area (Å²) in [5, 5.41) is 5.57. The van der Waals surface area contributed by atoms with E-state index < -0.39 is 0 Å². The molecule has 1 unspecified atom stereocenters. The molecule has 1 heterocycles. The summed E-state index contributed by atoms with van der Waals surface area (Å²) in [6, 6.07) is 5.75. The molecule has 1 aromatic carbocycles. The lowest BCUT2D eigenvalue weighted by molar-refractivity contribution is 0.890. The normalized spacial score (nSPS) is 12.5. The average molecular weight is 301 g/mol. The van der Waals surface area contributed by atoms with Crippen LogP contribution in [-0.2, 0) is 0 Å². The van der Waals surface area contributed by atoms with E-state index >= 15 is 0 Å². The van der Waals surface area contributed by atoms with Gasteiger partial charge in [0.05, 0.1) is 32.5 Å². The highest BCUT2D eigenvalue weighted by Crippen LogP contribution is 2.33. The van der Waals surface area contributed by atoms with E-state index in [1.54, 1.807) is 17.4 Å². The van der Waals surface area contributed by atoms with Crippen molar-refractivity contribution in [2.45, 2.75) is 26.8 Å². The maximum Gasteiger partial charge on any atom is 0.0900 e. The van der Waals surface area contributed by atoms with Crippen LogP contribution in [0, 0.1) is 13.8 Å². The molecule has 1 N–H and O–H groups in total. The summed E-state index contributed by atoms with van der Waals surface area (Å²) < 4.78 is 0. The Labute approximate surface area is 121 Å². The smallest absolute Gasteiger partial charge is 0.0900 e. The van der Waals surface area contributed by atoms with E-state index in [0.717, 1.165) is 16.4 Å². The predicted molar refractivity (Wildman–Crippen MR) is 80.1 cm³/mol. The van der Waals surface area contributed by atoms with Gasteiger partial charge in [0.15, 0.2) is 0 Å². The topological polar surface area (TPSA) is 24.9 Å². The molecule has 18 heavy (non-hydrogen) atoms. The Morgan fingerprint density at radius 3 is 2.61 bits per heavy atom. The van der Waals surface area contributed by atoms with Gasteiger partial charge >= 0.3 is 0 Å². The molecule has 5 heteroatoms. The van der Waals surface area contributed by atoms with Crippen LogP contribution in [0.3, 0.4) is 0 Å². The van der Waals surface area contributed by atoms with Crippen LogP contribution in [0.4, 0.5) is 5.69 Å². The van der Waals surface area contributed by atoms with E-state index in [4.69, 9.17) is 23.2 Å². The molecule has 0 saturated carbocycles. The minimum absolute atomic E-state index is 0.159. The number of thiazole rings is 1. The summed E-state index contributed by atoms with van der Waals surface area (Å²) in [5.74, 6) is 0. The molecule has 0 radical (unpaired) electrons. The first kappa shape index (κ1) is 13.7. The van der Waals surface area contributed by atoms with Gasteiger partial charge in [0.2, 0.25) is 0 Å². The summed E-state index contributed by atoms with van der Waals surface area (Å²) in [5.41, 5.74) is 1.91. The fraction of sp³-hybridized carbons (Fsp3) is 0.308. The molecule has 0 saturated heterocycles. The third-order valence-electron chi connectivity index (χ3n) is 2.66. The van der Waals surface area contributed by atoms with Crippen LogP contribution in [0.2, 0.25) is 10.0 Å². The zero-order valence-electron chi connectivity index (χ0n) is 10.4. The van der Waals surface area contributed by atoms with Crippen molar-refractivity contribution in [3.63, 3.8) is 0 Å². The molecular weight excluding hydrogens is 287 g/mol. The summed E-state index contributed by atoms with van der Waals surface area (Å²) in [4.78, 5) is 5.66. The predicted octanol–water partition coefficient (Wildman–Crippen LogP) is 5.24. The van der Waals surface area contributed by atoms with E-state index in [0.29, 0.717) is 10.0 Å². The van der Waals surface area contributed by atoms with E-state index in [1.807, 2.05) is 26.0 Å². The molecule has 0 fully saturated rings. The van der Waals surface area contributed by atoms with Gasteiger partial charge in [0.1, 0.15) is 0 Å². The summed E-state index contributed by atoms with van der Waals surface area (Å²) in [6.45, 7) is 6.13. The highest BCUT2D eigenvalue weighted by Gasteiger charge is 2.14. The SMILES string of the molecule is Cc1nc(C)c(C(C)Nc2cccc(Cl)c2Cl)s1. The monoisotopic (exact) mass is 300 g/mol. The van der Waals surface area contributed by atoms with Gasteiger partial charge in [-0.2, -0.15) is 0 Å². The Bertz CT molecular complexity index is 566. The molecule has 2 rings (SSSR count). The lowest BCUT2D eigenvalue weighted by Gasteiger charge is -2.16. The van der Waals surface area contributed by atoms with Gasteiger partial charge in [0, 0.05) is 4.88 Å². The van der Waals surface area contributed by atoms with E-state index in [-0.39, 0.29) is 6.04 Å². The van der Waals surface area contributed by atoms with Gasteiger partial charge in [0.25, 0.3) is 0 Å². The molecule has 0 aliphatic rings. The Morgan fingerprint density at radius 1 is 1.28 bits per heavy atom. The second-order valence-electron chi connectivity index (χ2n) is 4.15. The average Bonchev–Trinajstić information content (AvgIpc) is 2.64. The van der Waals surface area contributed by atoms with Gasteiger partial charge < -0.3 is 5.32 Å². The second kappa shape index (κ2) is 5.47. The van der Waals surface area contributed by atoms with Gasteiger partial charge in [-0.15, -0.1) is 11.3 Å². The molecule has 0 aliphatic heterocycles. The standard InChI is InChI=1S/C13H14Cl2N2S/c1-7-13(18-9(3)16-7)8(2)17-11-6-4-5-10(14)12(11)15/h4-6,8,17H,1-3H3. The molecule has 1 atom stereocenters. The molecule has 96 valence electrons. The number of nitrogens with one attached hydrogen (secondary N) is 1. The van der Waals surface area contributed by atoms with E-state index in [1.165, 1.54) is 4.88 Å². The van der Waals surface area contributed by atoms with Crippen molar-refractivity contribution < 1.29 is 0 Å². The number of hydrogen-bond donors (Lipinski definition) is 1. The number of aryl methyl sites for hydroxylation is 2. The molecule has 2 aromatic rings. The number of nitrogens with zero attached hydrogens (tertiary/aromatic N) is 1. The highest BCUT2D eigenvalue weighted by atomic mass is 35.5. The quantitative estimate of drug-likeness (QED) is 0.838. The van der Waals surface area contributed by atoms with Crippen molar-refractivity contribution in [1.82, 2.24) is 4.98 Å². The molecule has 1 aromatic heterocycles. The van der Waals surface area contributed by atoms with Crippen molar-refractivity contribution in [3.05, 3.63) is 43.8 Å². The first-order valence-corrected chi connectivity index (χ1v) is 7.20. The number of halogens is 2. The number of anilines is 1. The zero-order valence-corrected chi connectivity index (χ0v) is 12.7. The zero-order chi connectivity index (χ0) is 13.3. The first-order valence-electron chi connectivity index (χ1n) is 5.63. The van der Waals surface area contributed by atoms with Gasteiger partial charge in [-0.1, -0.05) is 29.3 Å². The Kier molecular flexibility index (Phi) is 4.15. The number of hydrogen-bond acceptors (Lipinski definition) is 3. The fourth-order valence-corrected chi connectivity index (χ4v) is 3.15. The summed E-state index contributed by atoms with van der Waals surface area (Å²) >= 11 is 13.9. The first-order chi connectivity index (χ1) is 8.49. The number of aromatic nitrogens is 1. The largest absolute Gasteiger partial charge is 0.376 e. The van der Waals surface area contributed by atoms with Crippen LogP contribution in [0.15, 0.2) is 18.2 Å². The van der Waals surface area contributed by atoms with Crippen molar-refractivity contribution in [1.29, 1.82) is 0 Å². The lowest BCUT2D eigenvalue weighted by Crippen LogP contribution is -2.06. The number of rotatable bonds is 3. The van der Waals surface area contributed by atoms with E-state index in [9.17, 15) is 0 Å². The number of benzene rings is 1. The maximum absolute atomic E-state index is 6.16. The molecule has 0 bridgehead atoms.